The second-order valence-corrected chi connectivity index (χ2v) is 3.48. The van der Waals surface area contributed by atoms with Gasteiger partial charge in [0.05, 0.1) is 11.7 Å². The van der Waals surface area contributed by atoms with Crippen LogP contribution in [0.15, 0.2) is 18.2 Å². The Bertz CT molecular complexity index is 308. The average Bonchev–Trinajstić information content (AvgIpc) is 1.99. The lowest BCUT2D eigenvalue weighted by Crippen LogP contribution is -2.51. The zero-order valence-corrected chi connectivity index (χ0v) is 7.60. The summed E-state index contributed by atoms with van der Waals surface area (Å²) in [6, 6.07) is 5.65. The van der Waals surface area contributed by atoms with E-state index in [4.69, 9.17) is 0 Å². The Morgan fingerprint density at radius 2 is 2.23 bits per heavy atom. The monoisotopic (exact) mass is 180 g/mol. The minimum atomic E-state index is -0.160. The Kier molecular flexibility index (Phi) is 2.19. The summed E-state index contributed by atoms with van der Waals surface area (Å²) in [4.78, 5) is 0. The molecule has 1 fully saturated rings. The number of nitrogens with one attached hydrogen (secondary N) is 2. The molecule has 1 saturated heterocycles. The summed E-state index contributed by atoms with van der Waals surface area (Å²) in [5, 5.41) is 6.26. The molecule has 1 aromatic carbocycles. The molecule has 1 heterocycles. The second-order valence-electron chi connectivity index (χ2n) is 3.48. The van der Waals surface area contributed by atoms with Crippen LogP contribution >= 0.6 is 0 Å². The van der Waals surface area contributed by atoms with E-state index in [0.29, 0.717) is 11.7 Å². The van der Waals surface area contributed by atoms with Crippen molar-refractivity contribution in [3.8, 4) is 0 Å². The van der Waals surface area contributed by atoms with Gasteiger partial charge < -0.3 is 10.6 Å². The number of rotatable bonds is 2. The van der Waals surface area contributed by atoms with Gasteiger partial charge in [-0.25, -0.2) is 4.39 Å². The second kappa shape index (κ2) is 3.34. The van der Waals surface area contributed by atoms with E-state index in [1.54, 1.807) is 12.1 Å². The lowest BCUT2D eigenvalue weighted by Gasteiger charge is -2.29. The van der Waals surface area contributed by atoms with Crippen LogP contribution in [0.5, 0.6) is 0 Å². The maximum absolute atomic E-state index is 13.3. The Labute approximate surface area is 77.2 Å². The summed E-state index contributed by atoms with van der Waals surface area (Å²) in [5.74, 6) is -0.160. The van der Waals surface area contributed by atoms with Crippen molar-refractivity contribution in [1.82, 2.24) is 5.32 Å². The molecule has 0 radical (unpaired) electrons. The van der Waals surface area contributed by atoms with Gasteiger partial charge in [-0.3, -0.25) is 0 Å². The zero-order valence-electron chi connectivity index (χ0n) is 7.60. The Morgan fingerprint density at radius 1 is 1.46 bits per heavy atom. The summed E-state index contributed by atoms with van der Waals surface area (Å²) >= 11 is 0. The van der Waals surface area contributed by atoms with Crippen LogP contribution in [-0.2, 0) is 0 Å². The van der Waals surface area contributed by atoms with Gasteiger partial charge in [0.15, 0.2) is 0 Å². The molecule has 3 heteroatoms. The zero-order chi connectivity index (χ0) is 9.26. The van der Waals surface area contributed by atoms with Crippen molar-refractivity contribution in [3.05, 3.63) is 29.6 Å². The van der Waals surface area contributed by atoms with Gasteiger partial charge in [0.1, 0.15) is 5.82 Å². The van der Waals surface area contributed by atoms with E-state index in [9.17, 15) is 4.39 Å². The van der Waals surface area contributed by atoms with Crippen LogP contribution < -0.4 is 10.6 Å². The first-order valence-corrected chi connectivity index (χ1v) is 4.49. The SMILES string of the molecule is Cc1ccc(NC2CNC2)c(F)c1. The van der Waals surface area contributed by atoms with Crippen molar-refractivity contribution in [2.45, 2.75) is 13.0 Å². The predicted octanol–water partition coefficient (Wildman–Crippen LogP) is 1.52. The Balaban J connectivity index is 2.10. The first-order chi connectivity index (χ1) is 6.25. The van der Waals surface area contributed by atoms with Crippen molar-refractivity contribution in [3.63, 3.8) is 0 Å². The molecule has 2 N–H and O–H groups in total. The highest BCUT2D eigenvalue weighted by atomic mass is 19.1. The van der Waals surface area contributed by atoms with Crippen LogP contribution in [0.4, 0.5) is 10.1 Å². The van der Waals surface area contributed by atoms with Gasteiger partial charge >= 0.3 is 0 Å². The third-order valence-corrected chi connectivity index (χ3v) is 2.27. The van der Waals surface area contributed by atoms with Crippen molar-refractivity contribution < 1.29 is 4.39 Å². The van der Waals surface area contributed by atoms with Gasteiger partial charge in [-0.2, -0.15) is 0 Å². The number of benzene rings is 1. The van der Waals surface area contributed by atoms with E-state index in [0.717, 1.165) is 18.7 Å². The van der Waals surface area contributed by atoms with E-state index in [1.807, 2.05) is 13.0 Å². The maximum atomic E-state index is 13.3. The number of anilines is 1. The van der Waals surface area contributed by atoms with Crippen molar-refractivity contribution in [2.75, 3.05) is 18.4 Å². The molecule has 1 aliphatic rings. The molecule has 13 heavy (non-hydrogen) atoms. The van der Waals surface area contributed by atoms with Crippen LogP contribution in [0.2, 0.25) is 0 Å². The fourth-order valence-corrected chi connectivity index (χ4v) is 1.35. The topological polar surface area (TPSA) is 24.1 Å². The smallest absolute Gasteiger partial charge is 0.146 e. The number of aryl methyl sites for hydroxylation is 1. The third kappa shape index (κ3) is 1.80. The van der Waals surface area contributed by atoms with Crippen LogP contribution in [0, 0.1) is 12.7 Å². The average molecular weight is 180 g/mol. The predicted molar refractivity (Wildman–Crippen MR) is 51.4 cm³/mol. The quantitative estimate of drug-likeness (QED) is 0.721. The Hall–Kier alpha value is -1.09. The van der Waals surface area contributed by atoms with Crippen LogP contribution in [0.25, 0.3) is 0 Å². The molecule has 70 valence electrons. The molecule has 0 aromatic heterocycles. The maximum Gasteiger partial charge on any atom is 0.146 e. The lowest BCUT2D eigenvalue weighted by molar-refractivity contribution is 0.469. The van der Waals surface area contributed by atoms with Gasteiger partial charge in [0, 0.05) is 13.1 Å². The molecule has 0 saturated carbocycles. The summed E-state index contributed by atoms with van der Waals surface area (Å²) < 4.78 is 13.3. The number of hydrogen-bond donors (Lipinski definition) is 2. The fraction of sp³-hybridized carbons (Fsp3) is 0.400. The molecule has 0 bridgehead atoms. The van der Waals surface area contributed by atoms with Gasteiger partial charge in [0.2, 0.25) is 0 Å². The molecule has 1 aliphatic heterocycles. The number of halogens is 1. The fourth-order valence-electron chi connectivity index (χ4n) is 1.35. The summed E-state index contributed by atoms with van der Waals surface area (Å²) in [5.41, 5.74) is 1.56. The van der Waals surface area contributed by atoms with Crippen molar-refractivity contribution in [1.29, 1.82) is 0 Å². The highest BCUT2D eigenvalue weighted by molar-refractivity contribution is 5.47. The molecule has 0 amide bonds. The van der Waals surface area contributed by atoms with E-state index in [1.165, 1.54) is 0 Å². The number of hydrogen-bond acceptors (Lipinski definition) is 2. The van der Waals surface area contributed by atoms with Gasteiger partial charge in [0.25, 0.3) is 0 Å². The molecule has 1 aromatic rings. The first kappa shape index (κ1) is 8.51. The first-order valence-electron chi connectivity index (χ1n) is 4.49. The van der Waals surface area contributed by atoms with Crippen LogP contribution in [-0.4, -0.2) is 19.1 Å². The summed E-state index contributed by atoms with van der Waals surface area (Å²) in [6.07, 6.45) is 0. The van der Waals surface area contributed by atoms with Crippen LogP contribution in [0.3, 0.4) is 0 Å². The van der Waals surface area contributed by atoms with E-state index >= 15 is 0 Å². The van der Waals surface area contributed by atoms with Gasteiger partial charge in [-0.05, 0) is 24.6 Å². The molecule has 2 rings (SSSR count). The summed E-state index contributed by atoms with van der Waals surface area (Å²) in [6.45, 7) is 3.73. The molecule has 2 nitrogen and oxygen atoms in total. The molecule has 0 spiro atoms. The van der Waals surface area contributed by atoms with E-state index in [2.05, 4.69) is 10.6 Å². The minimum absolute atomic E-state index is 0.160. The van der Waals surface area contributed by atoms with Crippen LogP contribution in [0.1, 0.15) is 5.56 Å². The minimum Gasteiger partial charge on any atom is -0.377 e. The Morgan fingerprint density at radius 3 is 2.77 bits per heavy atom. The lowest BCUT2D eigenvalue weighted by atomic mass is 10.1. The highest BCUT2D eigenvalue weighted by Gasteiger charge is 2.17. The molecule has 0 atom stereocenters. The van der Waals surface area contributed by atoms with Crippen molar-refractivity contribution >= 4 is 5.69 Å². The van der Waals surface area contributed by atoms with Crippen molar-refractivity contribution in [2.24, 2.45) is 0 Å². The van der Waals surface area contributed by atoms with E-state index < -0.39 is 0 Å². The van der Waals surface area contributed by atoms with E-state index in [-0.39, 0.29) is 5.82 Å². The third-order valence-electron chi connectivity index (χ3n) is 2.27. The molecule has 0 unspecified atom stereocenters. The van der Waals surface area contributed by atoms with Gasteiger partial charge in [-0.1, -0.05) is 6.07 Å². The summed E-state index contributed by atoms with van der Waals surface area (Å²) in [7, 11) is 0. The normalized spacial score (nSPS) is 16.8. The highest BCUT2D eigenvalue weighted by Crippen LogP contribution is 2.16. The van der Waals surface area contributed by atoms with Gasteiger partial charge in [-0.15, -0.1) is 0 Å². The largest absolute Gasteiger partial charge is 0.377 e. The molecular formula is C10H13FN2. The molecule has 0 aliphatic carbocycles. The molecular weight excluding hydrogens is 167 g/mol. The standard InChI is InChI=1S/C10H13FN2/c1-7-2-3-10(9(11)4-7)13-8-5-12-6-8/h2-4,8,12-13H,5-6H2,1H3.